The molecule has 1 aromatic carbocycles. The lowest BCUT2D eigenvalue weighted by molar-refractivity contribution is 1.32. The van der Waals surface area contributed by atoms with Crippen LogP contribution in [0, 0.1) is 25.3 Å². The van der Waals surface area contributed by atoms with Crippen molar-refractivity contribution in [1.29, 1.82) is 0 Å². The molecule has 0 aliphatic rings. The predicted molar refractivity (Wildman–Crippen MR) is 66.1 cm³/mol. The fourth-order valence-corrected chi connectivity index (χ4v) is 1.65. The fourth-order valence-electron chi connectivity index (χ4n) is 1.14. The highest BCUT2D eigenvalue weighted by atomic mass is 28.3. The molecule has 0 nitrogen and oxygen atoms in total. The van der Waals surface area contributed by atoms with Crippen molar-refractivity contribution in [3.8, 4) is 11.5 Å². The molecule has 1 rings (SSSR count). The molecule has 0 fully saturated rings. The SMILES string of the molecule is Cc1cccc(C#C[Si](C)(C)C)c1C. The van der Waals surface area contributed by atoms with Crippen LogP contribution in [-0.4, -0.2) is 8.07 Å². The second-order valence-corrected chi connectivity index (χ2v) is 9.50. The highest BCUT2D eigenvalue weighted by Gasteiger charge is 2.07. The van der Waals surface area contributed by atoms with Crippen LogP contribution < -0.4 is 0 Å². The highest BCUT2D eigenvalue weighted by molar-refractivity contribution is 6.83. The average molecular weight is 202 g/mol. The Morgan fingerprint density at radius 1 is 1.07 bits per heavy atom. The van der Waals surface area contributed by atoms with Crippen molar-refractivity contribution in [2.75, 3.05) is 0 Å². The van der Waals surface area contributed by atoms with Gasteiger partial charge in [-0.25, -0.2) is 0 Å². The number of rotatable bonds is 0. The zero-order valence-corrected chi connectivity index (χ0v) is 10.7. The van der Waals surface area contributed by atoms with Gasteiger partial charge in [0.2, 0.25) is 0 Å². The second-order valence-electron chi connectivity index (χ2n) is 4.75. The van der Waals surface area contributed by atoms with Crippen LogP contribution in [-0.2, 0) is 0 Å². The third-order valence-electron chi connectivity index (χ3n) is 2.18. The van der Waals surface area contributed by atoms with Crippen LogP contribution in [0.3, 0.4) is 0 Å². The van der Waals surface area contributed by atoms with Gasteiger partial charge in [0.15, 0.2) is 0 Å². The zero-order chi connectivity index (χ0) is 10.8. The Morgan fingerprint density at radius 2 is 1.71 bits per heavy atom. The summed E-state index contributed by atoms with van der Waals surface area (Å²) < 4.78 is 0. The van der Waals surface area contributed by atoms with Gasteiger partial charge in [-0.3, -0.25) is 0 Å². The van der Waals surface area contributed by atoms with Crippen molar-refractivity contribution in [3.63, 3.8) is 0 Å². The van der Waals surface area contributed by atoms with Gasteiger partial charge in [-0.05, 0) is 31.0 Å². The summed E-state index contributed by atoms with van der Waals surface area (Å²) in [7, 11) is -1.24. The molecule has 0 amide bonds. The quantitative estimate of drug-likeness (QED) is 0.446. The van der Waals surface area contributed by atoms with Gasteiger partial charge in [0, 0.05) is 5.56 Å². The molecule has 0 saturated heterocycles. The van der Waals surface area contributed by atoms with Gasteiger partial charge in [-0.15, -0.1) is 5.54 Å². The van der Waals surface area contributed by atoms with Gasteiger partial charge in [-0.1, -0.05) is 37.7 Å². The van der Waals surface area contributed by atoms with Crippen molar-refractivity contribution in [2.45, 2.75) is 33.5 Å². The lowest BCUT2D eigenvalue weighted by Gasteiger charge is -2.05. The molecule has 0 aliphatic carbocycles. The van der Waals surface area contributed by atoms with E-state index in [1.54, 1.807) is 0 Å². The van der Waals surface area contributed by atoms with Gasteiger partial charge >= 0.3 is 0 Å². The summed E-state index contributed by atoms with van der Waals surface area (Å²) in [6.07, 6.45) is 0. The summed E-state index contributed by atoms with van der Waals surface area (Å²) in [6.45, 7) is 11.1. The minimum Gasteiger partial charge on any atom is -0.127 e. The van der Waals surface area contributed by atoms with Crippen LogP contribution in [0.5, 0.6) is 0 Å². The Balaban J connectivity index is 3.08. The Hall–Kier alpha value is -1.00. The van der Waals surface area contributed by atoms with Gasteiger partial charge in [0.1, 0.15) is 8.07 Å². The molecular weight excluding hydrogens is 184 g/mol. The summed E-state index contributed by atoms with van der Waals surface area (Å²) in [5.41, 5.74) is 7.23. The largest absolute Gasteiger partial charge is 0.129 e. The Kier molecular flexibility index (Phi) is 3.18. The van der Waals surface area contributed by atoms with Gasteiger partial charge in [-0.2, -0.15) is 0 Å². The van der Waals surface area contributed by atoms with Crippen LogP contribution in [0.1, 0.15) is 16.7 Å². The molecule has 0 spiro atoms. The summed E-state index contributed by atoms with van der Waals surface area (Å²) in [5.74, 6) is 3.31. The topological polar surface area (TPSA) is 0 Å². The maximum absolute atomic E-state index is 3.40. The van der Waals surface area contributed by atoms with Gasteiger partial charge < -0.3 is 0 Å². The first kappa shape index (κ1) is 11.1. The summed E-state index contributed by atoms with van der Waals surface area (Å²) in [6, 6.07) is 6.32. The van der Waals surface area contributed by atoms with Crippen molar-refractivity contribution in [3.05, 3.63) is 34.9 Å². The predicted octanol–water partition coefficient (Wildman–Crippen LogP) is 3.53. The molecule has 74 valence electrons. The van der Waals surface area contributed by atoms with Crippen molar-refractivity contribution >= 4 is 8.07 Å². The van der Waals surface area contributed by atoms with Crippen LogP contribution in [0.4, 0.5) is 0 Å². The highest BCUT2D eigenvalue weighted by Crippen LogP contribution is 2.11. The first-order valence-corrected chi connectivity index (χ1v) is 8.49. The number of hydrogen-bond donors (Lipinski definition) is 0. The number of hydrogen-bond acceptors (Lipinski definition) is 0. The fraction of sp³-hybridized carbons (Fsp3) is 0.385. The lowest BCUT2D eigenvalue weighted by Crippen LogP contribution is -2.16. The van der Waals surface area contributed by atoms with E-state index < -0.39 is 8.07 Å². The van der Waals surface area contributed by atoms with E-state index in [2.05, 4.69) is 63.2 Å². The maximum Gasteiger partial charge on any atom is 0.129 e. The molecule has 0 heterocycles. The average Bonchev–Trinajstić information content (AvgIpc) is 2.06. The Morgan fingerprint density at radius 3 is 2.29 bits per heavy atom. The van der Waals surface area contributed by atoms with Crippen LogP contribution >= 0.6 is 0 Å². The number of aryl methyl sites for hydroxylation is 1. The molecule has 1 heteroatoms. The summed E-state index contributed by atoms with van der Waals surface area (Å²) >= 11 is 0. The second kappa shape index (κ2) is 4.02. The Bertz CT molecular complexity index is 386. The molecular formula is C13H18Si. The maximum atomic E-state index is 3.40. The molecule has 0 atom stereocenters. The van der Waals surface area contributed by atoms with Gasteiger partial charge in [0.25, 0.3) is 0 Å². The van der Waals surface area contributed by atoms with Gasteiger partial charge in [0.05, 0.1) is 0 Å². The third-order valence-corrected chi connectivity index (χ3v) is 3.05. The van der Waals surface area contributed by atoms with Crippen LogP contribution in [0.25, 0.3) is 0 Å². The summed E-state index contributed by atoms with van der Waals surface area (Å²) in [4.78, 5) is 0. The molecule has 0 aromatic heterocycles. The molecule has 0 aliphatic heterocycles. The Labute approximate surface area is 88.4 Å². The van der Waals surface area contributed by atoms with Crippen LogP contribution in [0.2, 0.25) is 19.6 Å². The molecule has 0 unspecified atom stereocenters. The van der Waals surface area contributed by atoms with E-state index in [0.29, 0.717) is 0 Å². The van der Waals surface area contributed by atoms with E-state index in [1.807, 2.05) is 0 Å². The standard InChI is InChI=1S/C13H18Si/c1-11-7-6-8-13(12(11)2)9-10-14(3,4)5/h6-8H,1-5H3. The summed E-state index contributed by atoms with van der Waals surface area (Å²) in [5, 5.41) is 0. The van der Waals surface area contributed by atoms with E-state index in [4.69, 9.17) is 0 Å². The molecule has 1 aromatic rings. The number of benzene rings is 1. The molecule has 0 saturated carbocycles. The molecule has 14 heavy (non-hydrogen) atoms. The first-order valence-electron chi connectivity index (χ1n) is 4.99. The van der Waals surface area contributed by atoms with E-state index in [9.17, 15) is 0 Å². The minimum absolute atomic E-state index is 1.19. The first-order chi connectivity index (χ1) is 6.40. The monoisotopic (exact) mass is 202 g/mol. The lowest BCUT2D eigenvalue weighted by atomic mass is 10.0. The van der Waals surface area contributed by atoms with Crippen molar-refractivity contribution < 1.29 is 0 Å². The van der Waals surface area contributed by atoms with Crippen LogP contribution in [0.15, 0.2) is 18.2 Å². The van der Waals surface area contributed by atoms with Crippen molar-refractivity contribution in [2.24, 2.45) is 0 Å². The van der Waals surface area contributed by atoms with Crippen molar-refractivity contribution in [1.82, 2.24) is 0 Å². The minimum atomic E-state index is -1.24. The molecule has 0 bridgehead atoms. The molecule has 0 N–H and O–H groups in total. The zero-order valence-electron chi connectivity index (χ0n) is 9.73. The third kappa shape index (κ3) is 3.05. The van der Waals surface area contributed by atoms with E-state index >= 15 is 0 Å². The van der Waals surface area contributed by atoms with E-state index in [0.717, 1.165) is 0 Å². The van der Waals surface area contributed by atoms with E-state index in [1.165, 1.54) is 16.7 Å². The smallest absolute Gasteiger partial charge is 0.127 e. The normalized spacial score (nSPS) is 10.6. The van der Waals surface area contributed by atoms with E-state index in [-0.39, 0.29) is 0 Å². The molecule has 0 radical (unpaired) electrons.